The number of anilines is 3. The SMILES string of the molecule is CNc1nc(N(c2ccc(C(=O)NC3COC3)cc2OC)C(F)F)ncc1F. The summed E-state index contributed by atoms with van der Waals surface area (Å²) in [4.78, 5) is 20.2. The minimum Gasteiger partial charge on any atom is -0.495 e. The molecule has 150 valence electrons. The van der Waals surface area contributed by atoms with Crippen molar-refractivity contribution < 1.29 is 27.4 Å². The first-order valence-corrected chi connectivity index (χ1v) is 8.29. The van der Waals surface area contributed by atoms with Crippen molar-refractivity contribution in [2.45, 2.75) is 12.6 Å². The molecule has 1 aliphatic heterocycles. The topological polar surface area (TPSA) is 88.6 Å². The van der Waals surface area contributed by atoms with Gasteiger partial charge in [-0.2, -0.15) is 13.8 Å². The number of hydrogen-bond donors (Lipinski definition) is 2. The number of aromatic nitrogens is 2. The molecule has 1 saturated heterocycles. The molecule has 11 heteroatoms. The highest BCUT2D eigenvalue weighted by Gasteiger charge is 2.27. The fourth-order valence-electron chi connectivity index (χ4n) is 2.56. The molecule has 0 spiro atoms. The largest absolute Gasteiger partial charge is 0.495 e. The summed E-state index contributed by atoms with van der Waals surface area (Å²) in [6.45, 7) is -2.19. The molecule has 3 rings (SSSR count). The second-order valence-corrected chi connectivity index (χ2v) is 5.86. The van der Waals surface area contributed by atoms with Gasteiger partial charge in [-0.1, -0.05) is 0 Å². The molecule has 0 unspecified atom stereocenters. The number of carbonyl (C=O) groups excluding carboxylic acids is 1. The first-order chi connectivity index (χ1) is 13.4. The number of amides is 1. The van der Waals surface area contributed by atoms with Gasteiger partial charge < -0.3 is 20.1 Å². The minimum atomic E-state index is -3.05. The molecule has 0 radical (unpaired) electrons. The maximum atomic E-state index is 13.8. The molecule has 1 amide bonds. The van der Waals surface area contributed by atoms with Crippen LogP contribution in [0.15, 0.2) is 24.4 Å². The Labute approximate surface area is 158 Å². The van der Waals surface area contributed by atoms with Gasteiger partial charge >= 0.3 is 6.55 Å². The van der Waals surface area contributed by atoms with E-state index in [2.05, 4.69) is 20.6 Å². The molecule has 2 N–H and O–H groups in total. The van der Waals surface area contributed by atoms with E-state index in [-0.39, 0.29) is 34.8 Å². The second-order valence-electron chi connectivity index (χ2n) is 5.86. The lowest BCUT2D eigenvalue weighted by Crippen LogP contribution is -2.48. The number of nitrogens with one attached hydrogen (secondary N) is 2. The summed E-state index contributed by atoms with van der Waals surface area (Å²) in [5, 5.41) is 5.22. The predicted octanol–water partition coefficient (Wildman–Crippen LogP) is 2.16. The molecule has 2 aromatic rings. The number of hydrogen-bond acceptors (Lipinski definition) is 7. The number of nitrogens with zero attached hydrogens (tertiary/aromatic N) is 3. The summed E-state index contributed by atoms with van der Waals surface area (Å²) < 4.78 is 51.4. The molecule has 0 aliphatic carbocycles. The maximum absolute atomic E-state index is 13.8. The van der Waals surface area contributed by atoms with E-state index in [4.69, 9.17) is 9.47 Å². The molecular formula is C17H18F3N5O3. The lowest BCUT2D eigenvalue weighted by molar-refractivity contribution is -0.00346. The van der Waals surface area contributed by atoms with Gasteiger partial charge in [0.05, 0.1) is 38.2 Å². The summed E-state index contributed by atoms with van der Waals surface area (Å²) >= 11 is 0. The van der Waals surface area contributed by atoms with Crippen molar-refractivity contribution in [1.29, 1.82) is 0 Å². The Bertz CT molecular complexity index is 864. The molecule has 0 bridgehead atoms. The Kier molecular flexibility index (Phi) is 5.83. The van der Waals surface area contributed by atoms with Crippen molar-refractivity contribution in [3.63, 3.8) is 0 Å². The van der Waals surface area contributed by atoms with Gasteiger partial charge in [-0.15, -0.1) is 0 Å². The summed E-state index contributed by atoms with van der Waals surface area (Å²) in [7, 11) is 2.69. The third kappa shape index (κ3) is 3.93. The smallest absolute Gasteiger partial charge is 0.321 e. The molecule has 2 heterocycles. The Hall–Kier alpha value is -3.08. The Morgan fingerprint density at radius 1 is 1.39 bits per heavy atom. The summed E-state index contributed by atoms with van der Waals surface area (Å²) in [5.41, 5.74) is 0.160. The zero-order valence-corrected chi connectivity index (χ0v) is 15.1. The quantitative estimate of drug-likeness (QED) is 0.692. The summed E-state index contributed by atoms with van der Waals surface area (Å²) in [6, 6.07) is 3.93. The molecule has 8 nitrogen and oxygen atoms in total. The number of ether oxygens (including phenoxy) is 2. The van der Waals surface area contributed by atoms with Gasteiger partial charge in [0.25, 0.3) is 5.91 Å². The van der Waals surface area contributed by atoms with Crippen LogP contribution < -0.4 is 20.3 Å². The fraction of sp³-hybridized carbons (Fsp3) is 0.353. The van der Waals surface area contributed by atoms with Crippen LogP contribution in [0.5, 0.6) is 5.75 Å². The lowest BCUT2D eigenvalue weighted by Gasteiger charge is -2.27. The van der Waals surface area contributed by atoms with Gasteiger partial charge in [0, 0.05) is 12.6 Å². The van der Waals surface area contributed by atoms with Crippen molar-refractivity contribution in [3.8, 4) is 5.75 Å². The Morgan fingerprint density at radius 2 is 2.14 bits per heavy atom. The highest BCUT2D eigenvalue weighted by molar-refractivity contribution is 5.95. The average Bonchev–Trinajstić information content (AvgIpc) is 2.65. The monoisotopic (exact) mass is 397 g/mol. The van der Waals surface area contributed by atoms with E-state index in [1.165, 1.54) is 32.4 Å². The van der Waals surface area contributed by atoms with Crippen molar-refractivity contribution >= 4 is 23.4 Å². The minimum absolute atomic E-state index is 0.0109. The molecule has 1 aromatic heterocycles. The fourth-order valence-corrected chi connectivity index (χ4v) is 2.56. The predicted molar refractivity (Wildman–Crippen MR) is 94.7 cm³/mol. The lowest BCUT2D eigenvalue weighted by atomic mass is 10.1. The van der Waals surface area contributed by atoms with Gasteiger partial charge in [-0.3, -0.25) is 4.79 Å². The maximum Gasteiger partial charge on any atom is 0.321 e. The van der Waals surface area contributed by atoms with Crippen molar-refractivity contribution in [2.24, 2.45) is 0 Å². The van der Waals surface area contributed by atoms with Crippen LogP contribution >= 0.6 is 0 Å². The Morgan fingerprint density at radius 3 is 2.71 bits per heavy atom. The van der Waals surface area contributed by atoms with E-state index in [1.807, 2.05) is 0 Å². The van der Waals surface area contributed by atoms with E-state index in [0.29, 0.717) is 18.1 Å². The van der Waals surface area contributed by atoms with E-state index < -0.39 is 18.3 Å². The number of halogens is 3. The zero-order valence-electron chi connectivity index (χ0n) is 15.1. The molecular weight excluding hydrogens is 379 g/mol. The van der Waals surface area contributed by atoms with Gasteiger partial charge in [-0.05, 0) is 18.2 Å². The van der Waals surface area contributed by atoms with Gasteiger partial charge in [0.15, 0.2) is 11.6 Å². The Balaban J connectivity index is 1.95. The number of benzene rings is 1. The van der Waals surface area contributed by atoms with Gasteiger partial charge in [0.1, 0.15) is 5.75 Å². The normalized spacial score (nSPS) is 13.8. The third-order valence-electron chi connectivity index (χ3n) is 4.05. The van der Waals surface area contributed by atoms with Gasteiger partial charge in [0.2, 0.25) is 5.95 Å². The second kappa shape index (κ2) is 8.30. The highest BCUT2D eigenvalue weighted by atomic mass is 19.3. The number of alkyl halides is 2. The van der Waals surface area contributed by atoms with Crippen LogP contribution in [0.4, 0.5) is 30.6 Å². The van der Waals surface area contributed by atoms with E-state index in [9.17, 15) is 18.0 Å². The summed E-state index contributed by atoms with van der Waals surface area (Å²) in [5.74, 6) is -1.80. The third-order valence-corrected chi connectivity index (χ3v) is 4.05. The van der Waals surface area contributed by atoms with Crippen LogP contribution in [0.25, 0.3) is 0 Å². The van der Waals surface area contributed by atoms with Crippen LogP contribution in [0, 0.1) is 5.82 Å². The van der Waals surface area contributed by atoms with Crippen LogP contribution in [-0.4, -0.2) is 55.8 Å². The van der Waals surface area contributed by atoms with Crippen LogP contribution in [-0.2, 0) is 4.74 Å². The molecule has 1 aliphatic rings. The van der Waals surface area contributed by atoms with E-state index in [0.717, 1.165) is 6.20 Å². The average molecular weight is 397 g/mol. The molecule has 1 fully saturated rings. The molecule has 0 atom stereocenters. The first-order valence-electron chi connectivity index (χ1n) is 8.29. The van der Waals surface area contributed by atoms with Crippen LogP contribution in [0.2, 0.25) is 0 Å². The van der Waals surface area contributed by atoms with Crippen LogP contribution in [0.1, 0.15) is 10.4 Å². The molecule has 28 heavy (non-hydrogen) atoms. The van der Waals surface area contributed by atoms with E-state index >= 15 is 0 Å². The highest BCUT2D eigenvalue weighted by Crippen LogP contribution is 2.36. The summed E-state index contributed by atoms with van der Waals surface area (Å²) in [6.07, 6.45) is 0.790. The molecule has 0 saturated carbocycles. The van der Waals surface area contributed by atoms with E-state index in [1.54, 1.807) is 0 Å². The first kappa shape index (κ1) is 19.7. The van der Waals surface area contributed by atoms with Crippen molar-refractivity contribution in [2.75, 3.05) is 37.6 Å². The van der Waals surface area contributed by atoms with Crippen LogP contribution in [0.3, 0.4) is 0 Å². The van der Waals surface area contributed by atoms with Gasteiger partial charge in [-0.25, -0.2) is 14.3 Å². The van der Waals surface area contributed by atoms with Crippen molar-refractivity contribution in [1.82, 2.24) is 15.3 Å². The molecule has 1 aromatic carbocycles. The number of methoxy groups -OCH3 is 1. The number of rotatable bonds is 7. The standard InChI is InChI=1S/C17H18F3N5O3/c1-21-14-11(18)6-22-17(24-14)25(16(19)20)12-4-3-9(5-13(12)27-2)15(26)23-10-7-28-8-10/h3-6,10,16H,7-8H2,1-2H3,(H,23,26)(H,21,22,24). The number of carbonyl (C=O) groups is 1. The zero-order chi connectivity index (χ0) is 20.3. The van der Waals surface area contributed by atoms with Crippen molar-refractivity contribution in [3.05, 3.63) is 35.8 Å².